The second-order valence-electron chi connectivity index (χ2n) is 4.69. The molecule has 1 aromatic carbocycles. The van der Waals surface area contributed by atoms with Crippen LogP contribution in [0.25, 0.3) is 0 Å². The molecule has 18 heavy (non-hydrogen) atoms. The normalized spacial score (nSPS) is 17.9. The van der Waals surface area contributed by atoms with Gasteiger partial charge in [-0.3, -0.25) is 9.69 Å². The van der Waals surface area contributed by atoms with Crippen LogP contribution in [0.4, 0.5) is 10.1 Å². The summed E-state index contributed by atoms with van der Waals surface area (Å²) in [6.45, 7) is 2.24. The molecular formula is C13H18FN3O. The molecule has 1 saturated heterocycles. The number of nitrogen functional groups attached to an aromatic ring is 1. The fraction of sp³-hybridized carbons (Fsp3) is 0.462. The molecular weight excluding hydrogens is 233 g/mol. The highest BCUT2D eigenvalue weighted by atomic mass is 19.1. The minimum Gasteiger partial charge on any atom is -0.398 e. The Labute approximate surface area is 106 Å². The molecule has 0 unspecified atom stereocenters. The number of likely N-dealkylation sites (N-methyl/N-ethyl adjacent to an activating group) is 1. The molecule has 0 saturated carbocycles. The van der Waals surface area contributed by atoms with Crippen molar-refractivity contribution in [3.05, 3.63) is 29.6 Å². The Hall–Kier alpha value is -1.62. The van der Waals surface area contributed by atoms with Crippen molar-refractivity contribution in [3.63, 3.8) is 0 Å². The Bertz CT molecular complexity index is 430. The van der Waals surface area contributed by atoms with Crippen molar-refractivity contribution in [2.45, 2.75) is 13.0 Å². The minimum absolute atomic E-state index is 0.0717. The summed E-state index contributed by atoms with van der Waals surface area (Å²) in [5.74, 6) is -0.234. The maximum Gasteiger partial charge on any atom is 0.236 e. The van der Waals surface area contributed by atoms with Crippen LogP contribution in [-0.2, 0) is 11.3 Å². The molecule has 1 fully saturated rings. The first-order valence-corrected chi connectivity index (χ1v) is 6.07. The van der Waals surface area contributed by atoms with Gasteiger partial charge in [0.2, 0.25) is 5.91 Å². The molecule has 4 nitrogen and oxygen atoms in total. The van der Waals surface area contributed by atoms with E-state index in [1.807, 2.05) is 4.90 Å². The van der Waals surface area contributed by atoms with Crippen LogP contribution in [0.1, 0.15) is 12.0 Å². The number of hydrogen-bond acceptors (Lipinski definition) is 3. The van der Waals surface area contributed by atoms with E-state index in [9.17, 15) is 9.18 Å². The quantitative estimate of drug-likeness (QED) is 0.800. The second-order valence-corrected chi connectivity index (χ2v) is 4.69. The molecule has 0 atom stereocenters. The maximum atomic E-state index is 13.7. The van der Waals surface area contributed by atoms with Crippen molar-refractivity contribution in [2.75, 3.05) is 32.4 Å². The highest BCUT2D eigenvalue weighted by Gasteiger charge is 2.20. The van der Waals surface area contributed by atoms with E-state index in [1.165, 1.54) is 6.07 Å². The van der Waals surface area contributed by atoms with E-state index in [0.717, 1.165) is 19.5 Å². The van der Waals surface area contributed by atoms with Gasteiger partial charge < -0.3 is 10.6 Å². The van der Waals surface area contributed by atoms with Gasteiger partial charge in [0.05, 0.1) is 6.54 Å². The maximum absolute atomic E-state index is 13.7. The fourth-order valence-corrected chi connectivity index (χ4v) is 2.15. The topological polar surface area (TPSA) is 49.6 Å². The predicted molar refractivity (Wildman–Crippen MR) is 68.3 cm³/mol. The Morgan fingerprint density at radius 2 is 2.17 bits per heavy atom. The van der Waals surface area contributed by atoms with Gasteiger partial charge in [0.25, 0.3) is 0 Å². The fourth-order valence-electron chi connectivity index (χ4n) is 2.15. The van der Waals surface area contributed by atoms with Gasteiger partial charge in [-0.2, -0.15) is 0 Å². The molecule has 0 radical (unpaired) electrons. The van der Waals surface area contributed by atoms with Gasteiger partial charge in [0.15, 0.2) is 0 Å². The molecule has 1 aliphatic heterocycles. The standard InChI is InChI=1S/C13H18FN3O/c1-16-6-3-7-17(9-13(16)18)8-10-11(14)4-2-5-12(10)15/h2,4-5H,3,6-9,15H2,1H3. The Morgan fingerprint density at radius 1 is 1.39 bits per heavy atom. The molecule has 2 rings (SSSR count). The number of amides is 1. The first kappa shape index (κ1) is 12.8. The number of rotatable bonds is 2. The molecule has 0 aromatic heterocycles. The number of hydrogen-bond donors (Lipinski definition) is 1. The summed E-state index contributed by atoms with van der Waals surface area (Å²) >= 11 is 0. The van der Waals surface area contributed by atoms with Crippen LogP contribution in [0.5, 0.6) is 0 Å². The molecule has 1 amide bonds. The summed E-state index contributed by atoms with van der Waals surface area (Å²) in [5.41, 5.74) is 6.70. The highest BCUT2D eigenvalue weighted by Crippen LogP contribution is 2.18. The molecule has 1 aromatic rings. The molecule has 0 aliphatic carbocycles. The van der Waals surface area contributed by atoms with E-state index in [-0.39, 0.29) is 11.7 Å². The number of nitrogens with zero attached hydrogens (tertiary/aromatic N) is 2. The smallest absolute Gasteiger partial charge is 0.236 e. The molecule has 1 heterocycles. The van der Waals surface area contributed by atoms with Gasteiger partial charge in [-0.05, 0) is 18.6 Å². The zero-order chi connectivity index (χ0) is 13.1. The number of carbonyl (C=O) groups is 1. The largest absolute Gasteiger partial charge is 0.398 e. The second kappa shape index (κ2) is 5.35. The predicted octanol–water partition coefficient (Wildman–Crippen LogP) is 1.07. The number of benzene rings is 1. The summed E-state index contributed by atoms with van der Waals surface area (Å²) in [4.78, 5) is 15.4. The number of anilines is 1. The van der Waals surface area contributed by atoms with Crippen molar-refractivity contribution in [3.8, 4) is 0 Å². The van der Waals surface area contributed by atoms with E-state index < -0.39 is 0 Å². The van der Waals surface area contributed by atoms with Gasteiger partial charge >= 0.3 is 0 Å². The lowest BCUT2D eigenvalue weighted by molar-refractivity contribution is -0.130. The lowest BCUT2D eigenvalue weighted by Gasteiger charge is -2.20. The van der Waals surface area contributed by atoms with Crippen LogP contribution in [-0.4, -0.2) is 42.4 Å². The van der Waals surface area contributed by atoms with Crippen LogP contribution in [0, 0.1) is 5.82 Å². The third-order valence-corrected chi connectivity index (χ3v) is 3.29. The van der Waals surface area contributed by atoms with Gasteiger partial charge in [0, 0.05) is 37.9 Å². The van der Waals surface area contributed by atoms with E-state index >= 15 is 0 Å². The summed E-state index contributed by atoms with van der Waals surface area (Å²) in [6.07, 6.45) is 0.899. The third kappa shape index (κ3) is 2.79. The molecule has 2 N–H and O–H groups in total. The molecule has 98 valence electrons. The van der Waals surface area contributed by atoms with Crippen LogP contribution >= 0.6 is 0 Å². The lowest BCUT2D eigenvalue weighted by Crippen LogP contribution is -2.34. The zero-order valence-corrected chi connectivity index (χ0v) is 10.5. The number of nitrogens with two attached hydrogens (primary N) is 1. The third-order valence-electron chi connectivity index (χ3n) is 3.29. The summed E-state index contributed by atoms with van der Waals surface area (Å²) in [7, 11) is 1.79. The molecule has 1 aliphatic rings. The molecule has 0 bridgehead atoms. The molecule has 5 heteroatoms. The lowest BCUT2D eigenvalue weighted by atomic mass is 10.1. The van der Waals surface area contributed by atoms with Crippen LogP contribution in [0.2, 0.25) is 0 Å². The van der Waals surface area contributed by atoms with E-state index in [0.29, 0.717) is 24.3 Å². The summed E-state index contributed by atoms with van der Waals surface area (Å²) in [6, 6.07) is 4.68. The van der Waals surface area contributed by atoms with E-state index in [2.05, 4.69) is 0 Å². The first-order chi connectivity index (χ1) is 8.58. The Morgan fingerprint density at radius 3 is 2.89 bits per heavy atom. The first-order valence-electron chi connectivity index (χ1n) is 6.07. The van der Waals surface area contributed by atoms with Crippen molar-refractivity contribution in [1.82, 2.24) is 9.80 Å². The van der Waals surface area contributed by atoms with Crippen molar-refractivity contribution in [1.29, 1.82) is 0 Å². The van der Waals surface area contributed by atoms with Gasteiger partial charge in [0.1, 0.15) is 5.82 Å². The van der Waals surface area contributed by atoms with E-state index in [4.69, 9.17) is 5.73 Å². The summed E-state index contributed by atoms with van der Waals surface area (Å²) < 4.78 is 13.7. The zero-order valence-electron chi connectivity index (χ0n) is 10.5. The van der Waals surface area contributed by atoms with Gasteiger partial charge in [-0.15, -0.1) is 0 Å². The monoisotopic (exact) mass is 251 g/mol. The van der Waals surface area contributed by atoms with Crippen LogP contribution in [0.3, 0.4) is 0 Å². The average Bonchev–Trinajstić information content (AvgIpc) is 2.47. The van der Waals surface area contributed by atoms with E-state index in [1.54, 1.807) is 24.1 Å². The highest BCUT2D eigenvalue weighted by molar-refractivity contribution is 5.78. The Balaban J connectivity index is 2.11. The Kier molecular flexibility index (Phi) is 3.81. The van der Waals surface area contributed by atoms with Crippen molar-refractivity contribution >= 4 is 11.6 Å². The number of carbonyl (C=O) groups excluding carboxylic acids is 1. The van der Waals surface area contributed by atoms with Crippen molar-refractivity contribution in [2.24, 2.45) is 0 Å². The van der Waals surface area contributed by atoms with Gasteiger partial charge in [-0.1, -0.05) is 6.07 Å². The van der Waals surface area contributed by atoms with Crippen LogP contribution < -0.4 is 5.73 Å². The minimum atomic E-state index is -0.306. The van der Waals surface area contributed by atoms with Crippen LogP contribution in [0.15, 0.2) is 18.2 Å². The average molecular weight is 251 g/mol. The van der Waals surface area contributed by atoms with Gasteiger partial charge in [-0.25, -0.2) is 4.39 Å². The van der Waals surface area contributed by atoms with Crippen molar-refractivity contribution < 1.29 is 9.18 Å². The SMILES string of the molecule is CN1CCCN(Cc2c(N)cccc2F)CC1=O. The number of halogens is 1. The molecule has 0 spiro atoms. The summed E-state index contributed by atoms with van der Waals surface area (Å²) in [5, 5.41) is 0.